The Morgan fingerprint density at radius 1 is 1.14 bits per heavy atom. The fourth-order valence-electron chi connectivity index (χ4n) is 5.39. The number of nitrogens with one attached hydrogen (secondary N) is 1. The fourth-order valence-corrected chi connectivity index (χ4v) is 5.62. The van der Waals surface area contributed by atoms with E-state index in [1.807, 2.05) is 11.0 Å². The zero-order chi connectivity index (χ0) is 31.4. The van der Waals surface area contributed by atoms with Gasteiger partial charge in [0.15, 0.2) is 0 Å². The van der Waals surface area contributed by atoms with Gasteiger partial charge in [-0.15, -0.1) is 0 Å². The van der Waals surface area contributed by atoms with Crippen molar-refractivity contribution >= 4 is 40.4 Å². The minimum Gasteiger partial charge on any atom is -0.733 e. The van der Waals surface area contributed by atoms with Crippen molar-refractivity contribution in [2.24, 2.45) is 0 Å². The Bertz CT molecular complexity index is 1490. The lowest BCUT2D eigenvalue weighted by Gasteiger charge is -2.34. The fraction of sp³-hybridized carbons (Fsp3) is 0.414. The highest BCUT2D eigenvalue weighted by Gasteiger charge is 2.35. The van der Waals surface area contributed by atoms with Crippen LogP contribution in [0, 0.1) is 5.21 Å². The normalized spacial score (nSPS) is 15.6. The van der Waals surface area contributed by atoms with Crippen LogP contribution < -0.4 is 20.2 Å². The van der Waals surface area contributed by atoms with E-state index in [4.69, 9.17) is 21.5 Å². The van der Waals surface area contributed by atoms with Gasteiger partial charge in [0, 0.05) is 63.1 Å². The number of nitrogens with zero attached hydrogens (tertiary/aromatic N) is 6. The second-order valence-corrected chi connectivity index (χ2v) is 11.0. The molecule has 2 aliphatic heterocycles. The first-order valence-corrected chi connectivity index (χ1v) is 14.5. The molecule has 2 aromatic carbocycles. The summed E-state index contributed by atoms with van der Waals surface area (Å²) in [6, 6.07) is 8.50. The summed E-state index contributed by atoms with van der Waals surface area (Å²) < 4.78 is 46.5. The minimum absolute atomic E-state index is 0.110. The largest absolute Gasteiger partial charge is 0.733 e. The monoisotopic (exact) mass is 634 g/mol. The van der Waals surface area contributed by atoms with Gasteiger partial charge in [0.1, 0.15) is 17.9 Å². The third-order valence-electron chi connectivity index (χ3n) is 7.75. The molecule has 0 bridgehead atoms. The number of amides is 1. The summed E-state index contributed by atoms with van der Waals surface area (Å²) in [4.78, 5) is 26.1. The number of ether oxygens (including phenoxy) is 1. The number of carbonyl (C=O) groups excluding carboxylic acids is 1. The summed E-state index contributed by atoms with van der Waals surface area (Å²) in [5.74, 6) is 1.24. The number of alkyl halides is 3. The molecule has 1 saturated heterocycles. The number of rotatable bonds is 9. The first-order valence-electron chi connectivity index (χ1n) is 14.1. The van der Waals surface area contributed by atoms with Crippen LogP contribution in [0.4, 0.5) is 36.1 Å². The molecule has 0 unspecified atom stereocenters. The molecule has 1 amide bonds. The highest BCUT2D eigenvalue weighted by Crippen LogP contribution is 2.39. The minimum atomic E-state index is -4.82. The van der Waals surface area contributed by atoms with Crippen molar-refractivity contribution in [2.45, 2.75) is 32.5 Å². The predicted octanol–water partition coefficient (Wildman–Crippen LogP) is 5.08. The average Bonchev–Trinajstić information content (AvgIpc) is 2.99. The van der Waals surface area contributed by atoms with E-state index in [9.17, 15) is 23.2 Å². The molecule has 1 aromatic heterocycles. The van der Waals surface area contributed by atoms with E-state index in [0.717, 1.165) is 56.8 Å². The second kappa shape index (κ2) is 13.4. The van der Waals surface area contributed by atoms with Crippen LogP contribution >= 0.6 is 11.6 Å². The van der Waals surface area contributed by atoms with E-state index in [2.05, 4.69) is 20.2 Å². The molecule has 3 heterocycles. The average molecular weight is 635 g/mol. The molecule has 2 aliphatic rings. The van der Waals surface area contributed by atoms with Crippen molar-refractivity contribution in [1.82, 2.24) is 19.8 Å². The van der Waals surface area contributed by atoms with E-state index < -0.39 is 22.7 Å². The highest BCUT2D eigenvalue weighted by atomic mass is 35.5. The molecular formula is C29H32ClF3N7O4-. The molecule has 236 valence electrons. The molecule has 0 saturated carbocycles. The number of hydrogen-bond acceptors (Lipinski definition) is 10. The summed E-state index contributed by atoms with van der Waals surface area (Å²) in [7, 11) is 0. The number of benzene rings is 2. The van der Waals surface area contributed by atoms with Crippen molar-refractivity contribution in [2.75, 3.05) is 61.3 Å². The summed E-state index contributed by atoms with van der Waals surface area (Å²) in [6.07, 6.45) is -2.16. The lowest BCUT2D eigenvalue weighted by molar-refractivity contribution is -0.137. The third kappa shape index (κ3) is 7.44. The smallest absolute Gasteiger partial charge is 0.418 e. The Balaban J connectivity index is 1.18. The lowest BCUT2D eigenvalue weighted by Crippen LogP contribution is -2.48. The van der Waals surface area contributed by atoms with E-state index in [-0.39, 0.29) is 18.1 Å². The molecular weight excluding hydrogens is 603 g/mol. The molecule has 0 spiro atoms. The Morgan fingerprint density at radius 2 is 1.91 bits per heavy atom. The van der Waals surface area contributed by atoms with Gasteiger partial charge >= 0.3 is 6.18 Å². The molecule has 15 heteroatoms. The number of aromatic nitrogens is 2. The van der Waals surface area contributed by atoms with Crippen molar-refractivity contribution < 1.29 is 27.9 Å². The number of hydrogen-bond donors (Lipinski definition) is 2. The zero-order valence-corrected chi connectivity index (χ0v) is 24.7. The predicted molar refractivity (Wildman–Crippen MR) is 159 cm³/mol. The van der Waals surface area contributed by atoms with Crippen LogP contribution in [0.3, 0.4) is 0 Å². The Kier molecular flexibility index (Phi) is 9.63. The maximum absolute atomic E-state index is 13.5. The first-order chi connectivity index (χ1) is 21.0. The van der Waals surface area contributed by atoms with Crippen LogP contribution in [0.5, 0.6) is 5.75 Å². The molecule has 5 rings (SSSR count). The number of carbonyl (C=O) groups is 1. The number of anilines is 4. The third-order valence-corrected chi connectivity index (χ3v) is 8.05. The van der Waals surface area contributed by atoms with Gasteiger partial charge in [-0.25, -0.2) is 9.97 Å². The molecule has 0 aliphatic carbocycles. The summed E-state index contributed by atoms with van der Waals surface area (Å²) in [5.41, 5.74) is 0.316. The van der Waals surface area contributed by atoms with E-state index in [0.29, 0.717) is 47.5 Å². The van der Waals surface area contributed by atoms with Crippen LogP contribution in [-0.4, -0.2) is 76.8 Å². The molecule has 2 N–H and O–H groups in total. The molecule has 0 radical (unpaired) electrons. The summed E-state index contributed by atoms with van der Waals surface area (Å²) >= 11 is 6.50. The van der Waals surface area contributed by atoms with Crippen molar-refractivity contribution in [3.05, 3.63) is 69.8 Å². The Morgan fingerprint density at radius 3 is 2.59 bits per heavy atom. The molecule has 3 aromatic rings. The van der Waals surface area contributed by atoms with Gasteiger partial charge in [0.2, 0.25) is 5.91 Å². The summed E-state index contributed by atoms with van der Waals surface area (Å²) in [6.45, 7) is 6.76. The summed E-state index contributed by atoms with van der Waals surface area (Å²) in [5, 5.41) is 23.3. The van der Waals surface area contributed by atoms with Crippen LogP contribution in [0.1, 0.15) is 30.2 Å². The van der Waals surface area contributed by atoms with Gasteiger partial charge in [-0.2, -0.15) is 13.2 Å². The maximum atomic E-state index is 13.5. The highest BCUT2D eigenvalue weighted by molar-refractivity contribution is 6.32. The van der Waals surface area contributed by atoms with Crippen LogP contribution in [0.2, 0.25) is 5.02 Å². The maximum Gasteiger partial charge on any atom is 0.418 e. The zero-order valence-electron chi connectivity index (χ0n) is 24.0. The number of piperazine rings is 1. The van der Waals surface area contributed by atoms with Crippen LogP contribution in [0.25, 0.3) is 0 Å². The van der Waals surface area contributed by atoms with E-state index in [1.54, 1.807) is 24.0 Å². The van der Waals surface area contributed by atoms with Crippen molar-refractivity contribution in [3.63, 3.8) is 0 Å². The quantitative estimate of drug-likeness (QED) is 0.244. The van der Waals surface area contributed by atoms with Gasteiger partial charge in [-0.05, 0) is 49.2 Å². The number of fused-ring (bicyclic) bond motifs is 1. The van der Waals surface area contributed by atoms with E-state index >= 15 is 0 Å². The van der Waals surface area contributed by atoms with Crippen molar-refractivity contribution in [3.8, 4) is 5.75 Å². The Labute approximate surface area is 257 Å². The molecule has 11 nitrogen and oxygen atoms in total. The molecule has 1 fully saturated rings. The SMILES string of the molecule is CC(=O)N1CCN(CCCOc2ccc(Nc3ncnc4c3CCN(c3ccc(N([O-])O)c(C(F)(F)F)c3)C4)cc2Cl)CC1. The van der Waals surface area contributed by atoms with Crippen molar-refractivity contribution in [1.29, 1.82) is 0 Å². The molecule has 0 atom stereocenters. The van der Waals surface area contributed by atoms with Gasteiger partial charge in [0.25, 0.3) is 0 Å². The second-order valence-electron chi connectivity index (χ2n) is 10.6. The number of halogens is 4. The topological polar surface area (TPSA) is 120 Å². The van der Waals surface area contributed by atoms with E-state index in [1.165, 1.54) is 12.4 Å². The molecule has 44 heavy (non-hydrogen) atoms. The van der Waals surface area contributed by atoms with Crippen LogP contribution in [0.15, 0.2) is 42.7 Å². The van der Waals surface area contributed by atoms with Gasteiger partial charge in [-0.1, -0.05) is 11.6 Å². The first kappa shape index (κ1) is 31.6. The van der Waals surface area contributed by atoms with Crippen LogP contribution in [-0.2, 0) is 23.9 Å². The lowest BCUT2D eigenvalue weighted by atomic mass is 10.0. The van der Waals surface area contributed by atoms with Gasteiger partial charge < -0.3 is 30.3 Å². The van der Waals surface area contributed by atoms with Gasteiger partial charge in [-0.3, -0.25) is 14.9 Å². The Hall–Kier alpha value is -3.85. The standard InChI is InChI=1S/C29H32ClF3N7O4/c1-19(41)38-12-10-37(11-13-38)8-2-14-44-27-6-3-20(15-24(27)30)36-28-22-7-9-39(17-25(22)34-18-35-28)21-4-5-26(40(42)43)23(16-21)29(31,32)33/h3-6,15-16,18,42H,2,7-14,17H2,1H3,(H,34,35,36)/q-1. The van der Waals surface area contributed by atoms with Gasteiger partial charge in [0.05, 0.1) is 35.1 Å².